The standard InChI is InChI=1S/C24H23N5/c1-16-7-6-8-20(15-16)22(21-9-4-5-12-26-21)28-23-17(2)18(3)27-24(29-23)19-10-13-25-14-11-19/h4-15,22H,1-3H3,(H,27,28,29). The topological polar surface area (TPSA) is 63.6 Å². The van der Waals surface area contributed by atoms with E-state index in [2.05, 4.69) is 51.5 Å². The van der Waals surface area contributed by atoms with Crippen LogP contribution in [0, 0.1) is 20.8 Å². The van der Waals surface area contributed by atoms with E-state index >= 15 is 0 Å². The summed E-state index contributed by atoms with van der Waals surface area (Å²) in [5.41, 5.74) is 6.20. The highest BCUT2D eigenvalue weighted by Crippen LogP contribution is 2.29. The van der Waals surface area contributed by atoms with Crippen LogP contribution in [0.2, 0.25) is 0 Å². The molecule has 0 fully saturated rings. The van der Waals surface area contributed by atoms with Gasteiger partial charge in [-0.05, 0) is 50.6 Å². The molecule has 5 heteroatoms. The third-order valence-corrected chi connectivity index (χ3v) is 4.97. The van der Waals surface area contributed by atoms with Gasteiger partial charge in [-0.3, -0.25) is 9.97 Å². The highest BCUT2D eigenvalue weighted by molar-refractivity contribution is 5.60. The van der Waals surface area contributed by atoms with Crippen LogP contribution in [0.4, 0.5) is 5.82 Å². The SMILES string of the molecule is Cc1cccc(C(Nc2nc(-c3ccncc3)nc(C)c2C)c2ccccn2)c1. The molecular weight excluding hydrogens is 358 g/mol. The lowest BCUT2D eigenvalue weighted by atomic mass is 10.0. The molecule has 0 saturated carbocycles. The molecule has 0 amide bonds. The van der Waals surface area contributed by atoms with Crippen LogP contribution < -0.4 is 5.32 Å². The number of rotatable bonds is 5. The first-order chi connectivity index (χ1) is 14.1. The monoisotopic (exact) mass is 381 g/mol. The lowest BCUT2D eigenvalue weighted by Gasteiger charge is -2.22. The summed E-state index contributed by atoms with van der Waals surface area (Å²) in [4.78, 5) is 18.2. The van der Waals surface area contributed by atoms with Crippen LogP contribution in [0.5, 0.6) is 0 Å². The zero-order chi connectivity index (χ0) is 20.2. The number of benzene rings is 1. The fourth-order valence-corrected chi connectivity index (χ4v) is 3.26. The Balaban J connectivity index is 1.79. The molecule has 1 atom stereocenters. The predicted octanol–water partition coefficient (Wildman–Crippen LogP) is 5.06. The van der Waals surface area contributed by atoms with Crippen LogP contribution in [-0.2, 0) is 0 Å². The van der Waals surface area contributed by atoms with Gasteiger partial charge < -0.3 is 5.32 Å². The van der Waals surface area contributed by atoms with Crippen molar-refractivity contribution in [2.45, 2.75) is 26.8 Å². The molecule has 29 heavy (non-hydrogen) atoms. The van der Waals surface area contributed by atoms with Crippen LogP contribution >= 0.6 is 0 Å². The van der Waals surface area contributed by atoms with Gasteiger partial charge in [0.15, 0.2) is 5.82 Å². The minimum atomic E-state index is -0.116. The first-order valence-electron chi connectivity index (χ1n) is 9.61. The first kappa shape index (κ1) is 18.7. The average Bonchev–Trinajstić information content (AvgIpc) is 2.76. The molecule has 4 rings (SSSR count). The van der Waals surface area contributed by atoms with E-state index in [9.17, 15) is 0 Å². The predicted molar refractivity (Wildman–Crippen MR) is 116 cm³/mol. The summed E-state index contributed by atoms with van der Waals surface area (Å²) in [5.74, 6) is 1.49. The minimum absolute atomic E-state index is 0.116. The van der Waals surface area contributed by atoms with Crippen LogP contribution in [0.3, 0.4) is 0 Å². The van der Waals surface area contributed by atoms with E-state index in [4.69, 9.17) is 4.98 Å². The zero-order valence-electron chi connectivity index (χ0n) is 16.8. The van der Waals surface area contributed by atoms with Crippen molar-refractivity contribution in [1.82, 2.24) is 19.9 Å². The molecule has 0 aliphatic carbocycles. The van der Waals surface area contributed by atoms with Gasteiger partial charge in [-0.25, -0.2) is 9.97 Å². The lowest BCUT2D eigenvalue weighted by molar-refractivity contribution is 0.869. The Labute approximate surface area is 170 Å². The minimum Gasteiger partial charge on any atom is -0.357 e. The van der Waals surface area contributed by atoms with Gasteiger partial charge in [0.2, 0.25) is 0 Å². The van der Waals surface area contributed by atoms with Gasteiger partial charge in [-0.2, -0.15) is 0 Å². The summed E-state index contributed by atoms with van der Waals surface area (Å²) in [7, 11) is 0. The van der Waals surface area contributed by atoms with Gasteiger partial charge in [-0.15, -0.1) is 0 Å². The number of pyridine rings is 2. The van der Waals surface area contributed by atoms with E-state index in [-0.39, 0.29) is 6.04 Å². The van der Waals surface area contributed by atoms with Crippen LogP contribution in [0.1, 0.15) is 34.1 Å². The number of aromatic nitrogens is 4. The van der Waals surface area contributed by atoms with E-state index in [0.29, 0.717) is 5.82 Å². The number of anilines is 1. The fraction of sp³-hybridized carbons (Fsp3) is 0.167. The maximum Gasteiger partial charge on any atom is 0.161 e. The largest absolute Gasteiger partial charge is 0.357 e. The maximum atomic E-state index is 4.84. The van der Waals surface area contributed by atoms with E-state index < -0.39 is 0 Å². The molecule has 144 valence electrons. The molecule has 1 N–H and O–H groups in total. The van der Waals surface area contributed by atoms with Crippen molar-refractivity contribution in [3.05, 3.63) is 101 Å². The molecule has 0 radical (unpaired) electrons. The Morgan fingerprint density at radius 3 is 2.38 bits per heavy atom. The molecular formula is C24H23N5. The molecule has 0 saturated heterocycles. The van der Waals surface area contributed by atoms with Crippen molar-refractivity contribution < 1.29 is 0 Å². The van der Waals surface area contributed by atoms with Crippen molar-refractivity contribution in [3.63, 3.8) is 0 Å². The van der Waals surface area contributed by atoms with Crippen molar-refractivity contribution in [2.75, 3.05) is 5.32 Å². The van der Waals surface area contributed by atoms with E-state index in [1.54, 1.807) is 12.4 Å². The Bertz CT molecular complexity index is 1110. The molecule has 5 nitrogen and oxygen atoms in total. The Morgan fingerprint density at radius 2 is 1.66 bits per heavy atom. The van der Waals surface area contributed by atoms with Gasteiger partial charge >= 0.3 is 0 Å². The molecule has 4 aromatic rings. The molecule has 0 spiro atoms. The molecule has 0 aliphatic heterocycles. The summed E-state index contributed by atoms with van der Waals surface area (Å²) < 4.78 is 0. The highest BCUT2D eigenvalue weighted by atomic mass is 15.1. The summed E-state index contributed by atoms with van der Waals surface area (Å²) in [6.07, 6.45) is 5.33. The maximum absolute atomic E-state index is 4.84. The van der Waals surface area contributed by atoms with Crippen LogP contribution in [-0.4, -0.2) is 19.9 Å². The number of nitrogens with zero attached hydrogens (tertiary/aromatic N) is 4. The molecule has 0 bridgehead atoms. The van der Waals surface area contributed by atoms with Crippen LogP contribution in [0.15, 0.2) is 73.2 Å². The number of nitrogens with one attached hydrogen (secondary N) is 1. The third kappa shape index (κ3) is 4.14. The summed E-state index contributed by atoms with van der Waals surface area (Å²) >= 11 is 0. The smallest absolute Gasteiger partial charge is 0.161 e. The van der Waals surface area contributed by atoms with Gasteiger partial charge in [0.1, 0.15) is 5.82 Å². The third-order valence-electron chi connectivity index (χ3n) is 4.97. The van der Waals surface area contributed by atoms with E-state index in [1.165, 1.54) is 5.56 Å². The molecule has 3 heterocycles. The molecule has 1 unspecified atom stereocenters. The van der Waals surface area contributed by atoms with Gasteiger partial charge in [0.25, 0.3) is 0 Å². The summed E-state index contributed by atoms with van der Waals surface area (Å²) in [6.45, 7) is 6.15. The lowest BCUT2D eigenvalue weighted by Crippen LogP contribution is -2.16. The normalized spacial score (nSPS) is 11.8. The van der Waals surface area contributed by atoms with Crippen molar-refractivity contribution >= 4 is 5.82 Å². The van der Waals surface area contributed by atoms with Crippen molar-refractivity contribution in [1.29, 1.82) is 0 Å². The second kappa shape index (κ2) is 8.19. The van der Waals surface area contributed by atoms with E-state index in [0.717, 1.165) is 33.9 Å². The fourth-order valence-electron chi connectivity index (χ4n) is 3.26. The first-order valence-corrected chi connectivity index (χ1v) is 9.61. The summed E-state index contributed by atoms with van der Waals surface area (Å²) in [5, 5.41) is 3.63. The summed E-state index contributed by atoms with van der Waals surface area (Å²) in [6, 6.07) is 18.2. The van der Waals surface area contributed by atoms with E-state index in [1.807, 2.05) is 50.4 Å². The average molecular weight is 381 g/mol. The molecule has 3 aromatic heterocycles. The second-order valence-corrected chi connectivity index (χ2v) is 7.09. The number of hydrogen-bond acceptors (Lipinski definition) is 5. The Kier molecular flexibility index (Phi) is 5.29. The number of aryl methyl sites for hydroxylation is 2. The zero-order valence-corrected chi connectivity index (χ0v) is 16.8. The van der Waals surface area contributed by atoms with Crippen LogP contribution in [0.25, 0.3) is 11.4 Å². The Hall–Kier alpha value is -3.60. The highest BCUT2D eigenvalue weighted by Gasteiger charge is 2.19. The molecule has 0 aliphatic rings. The molecule has 1 aromatic carbocycles. The van der Waals surface area contributed by atoms with Gasteiger partial charge in [0.05, 0.1) is 11.7 Å². The van der Waals surface area contributed by atoms with Gasteiger partial charge in [-0.1, -0.05) is 35.9 Å². The van der Waals surface area contributed by atoms with Crippen molar-refractivity contribution in [3.8, 4) is 11.4 Å². The number of hydrogen-bond donors (Lipinski definition) is 1. The van der Waals surface area contributed by atoms with Crippen molar-refractivity contribution in [2.24, 2.45) is 0 Å². The Morgan fingerprint density at radius 1 is 0.828 bits per heavy atom. The second-order valence-electron chi connectivity index (χ2n) is 7.09. The van der Waals surface area contributed by atoms with Gasteiger partial charge in [0, 0.05) is 35.4 Å². The quantitative estimate of drug-likeness (QED) is 0.523.